The highest BCUT2D eigenvalue weighted by Gasteiger charge is 2.28. The van der Waals surface area contributed by atoms with E-state index in [9.17, 15) is 19.1 Å². The maximum Gasteiger partial charge on any atom is 0.345 e. The van der Waals surface area contributed by atoms with Gasteiger partial charge in [0, 0.05) is 38.4 Å². The van der Waals surface area contributed by atoms with Crippen molar-refractivity contribution < 1.29 is 19.1 Å². The molecule has 0 radical (unpaired) electrons. The van der Waals surface area contributed by atoms with Gasteiger partial charge in [-0.05, 0) is 72.5 Å². The maximum absolute atomic E-state index is 12.9. The lowest BCUT2D eigenvalue weighted by atomic mass is 10.1. The monoisotopic (exact) mass is 508 g/mol. The van der Waals surface area contributed by atoms with Crippen LogP contribution in [0.15, 0.2) is 71.6 Å². The van der Waals surface area contributed by atoms with Crippen molar-refractivity contribution in [2.75, 3.05) is 22.0 Å². The number of amides is 1. The molecular weight excluding hydrogens is 490 g/mol. The molecule has 4 rings (SSSR count). The molecule has 2 N–H and O–H groups in total. The summed E-state index contributed by atoms with van der Waals surface area (Å²) in [4.78, 5) is 34.5. The molecule has 1 heterocycles. The first-order valence-corrected chi connectivity index (χ1v) is 13.0. The molecule has 0 saturated heterocycles. The van der Waals surface area contributed by atoms with Crippen LogP contribution < -0.4 is 9.21 Å². The summed E-state index contributed by atoms with van der Waals surface area (Å²) < 4.78 is 13.3. The molecule has 32 heavy (non-hydrogen) atoms. The summed E-state index contributed by atoms with van der Waals surface area (Å²) in [6, 6.07) is 19.5. The van der Waals surface area contributed by atoms with E-state index >= 15 is 0 Å². The standard InChI is InChI=1S/C22H19Cl2N2O4PS/c23-17-11-18(24)13-20(12-17)32-26(14-31(28,29)30)19-6-7-21-16(10-19)8-9-25(21)22(27)15-4-2-1-3-5-15/h1-7,10-13H,8-9,14H2,(H2,28,29,30). The van der Waals surface area contributed by atoms with E-state index in [1.54, 1.807) is 41.3 Å². The van der Waals surface area contributed by atoms with Gasteiger partial charge in [-0.2, -0.15) is 0 Å². The van der Waals surface area contributed by atoms with Gasteiger partial charge in [0.25, 0.3) is 5.91 Å². The Bertz CT molecular complexity index is 1190. The number of benzene rings is 3. The van der Waals surface area contributed by atoms with Crippen LogP contribution in [0.4, 0.5) is 11.4 Å². The van der Waals surface area contributed by atoms with E-state index in [4.69, 9.17) is 23.2 Å². The van der Waals surface area contributed by atoms with Crippen LogP contribution >= 0.6 is 42.7 Å². The Labute approximate surface area is 200 Å². The summed E-state index contributed by atoms with van der Waals surface area (Å²) in [5.74, 6) is -0.0767. The fraction of sp³-hybridized carbons (Fsp3) is 0.136. The second-order valence-corrected chi connectivity index (χ2v) is 10.8. The molecule has 1 aliphatic rings. The highest BCUT2D eigenvalue weighted by Crippen LogP contribution is 2.43. The minimum absolute atomic E-state index is 0.0767. The molecule has 1 aliphatic heterocycles. The van der Waals surface area contributed by atoms with Crippen molar-refractivity contribution in [1.82, 2.24) is 0 Å². The fourth-order valence-electron chi connectivity index (χ4n) is 3.53. The Morgan fingerprint density at radius 3 is 2.38 bits per heavy atom. The first kappa shape index (κ1) is 23.2. The van der Waals surface area contributed by atoms with Crippen LogP contribution in [-0.2, 0) is 11.0 Å². The van der Waals surface area contributed by atoms with Crippen molar-refractivity contribution in [3.05, 3.63) is 87.9 Å². The Morgan fingerprint density at radius 2 is 1.72 bits per heavy atom. The zero-order valence-electron chi connectivity index (χ0n) is 16.7. The summed E-state index contributed by atoms with van der Waals surface area (Å²) in [6.07, 6.45) is 0.159. The van der Waals surface area contributed by atoms with E-state index in [1.807, 2.05) is 30.3 Å². The Hall–Kier alpha value is -1.99. The molecule has 0 spiro atoms. The molecule has 10 heteroatoms. The molecule has 0 atom stereocenters. The predicted molar refractivity (Wildman–Crippen MR) is 130 cm³/mol. The third-order valence-corrected chi connectivity index (χ3v) is 7.16. The van der Waals surface area contributed by atoms with Crippen molar-refractivity contribution in [3.63, 3.8) is 0 Å². The minimum Gasteiger partial charge on any atom is -0.323 e. The van der Waals surface area contributed by atoms with E-state index in [-0.39, 0.29) is 5.91 Å². The maximum atomic E-state index is 12.9. The fourth-order valence-corrected chi connectivity index (χ4v) is 6.20. The minimum atomic E-state index is -4.36. The Morgan fingerprint density at radius 1 is 1.03 bits per heavy atom. The Kier molecular flexibility index (Phi) is 6.86. The average molecular weight is 509 g/mol. The van der Waals surface area contributed by atoms with Gasteiger partial charge in [0.05, 0.1) is 0 Å². The van der Waals surface area contributed by atoms with Crippen LogP contribution in [0.1, 0.15) is 15.9 Å². The van der Waals surface area contributed by atoms with Gasteiger partial charge in [0.1, 0.15) is 6.29 Å². The number of carbonyl (C=O) groups excluding carboxylic acids is 1. The molecule has 0 aliphatic carbocycles. The van der Waals surface area contributed by atoms with E-state index in [0.29, 0.717) is 39.2 Å². The summed E-state index contributed by atoms with van der Waals surface area (Å²) in [5, 5.41) is 0.861. The van der Waals surface area contributed by atoms with E-state index in [0.717, 1.165) is 23.2 Å². The normalized spacial score (nSPS) is 13.2. The molecule has 0 saturated carbocycles. The lowest BCUT2D eigenvalue weighted by Crippen LogP contribution is -2.28. The highest BCUT2D eigenvalue weighted by molar-refractivity contribution is 8.01. The quantitative estimate of drug-likeness (QED) is 0.321. The number of hydrogen-bond acceptors (Lipinski definition) is 4. The van der Waals surface area contributed by atoms with Crippen LogP contribution in [0, 0.1) is 0 Å². The van der Waals surface area contributed by atoms with Crippen LogP contribution in [-0.4, -0.2) is 28.5 Å². The van der Waals surface area contributed by atoms with E-state index in [2.05, 4.69) is 0 Å². The summed E-state index contributed by atoms with van der Waals surface area (Å²) in [5.41, 5.74) is 2.96. The molecule has 0 unspecified atom stereocenters. The number of fused-ring (bicyclic) bond motifs is 1. The molecular formula is C22H19Cl2N2O4PS. The summed E-state index contributed by atoms with van der Waals surface area (Å²) in [7, 11) is -4.36. The highest BCUT2D eigenvalue weighted by atomic mass is 35.5. The zero-order chi connectivity index (χ0) is 22.9. The van der Waals surface area contributed by atoms with Crippen molar-refractivity contribution in [1.29, 1.82) is 0 Å². The smallest absolute Gasteiger partial charge is 0.323 e. The molecule has 3 aromatic carbocycles. The lowest BCUT2D eigenvalue weighted by Gasteiger charge is -2.25. The average Bonchev–Trinajstić information content (AvgIpc) is 3.15. The number of carbonyl (C=O) groups is 1. The topological polar surface area (TPSA) is 81.1 Å². The van der Waals surface area contributed by atoms with Gasteiger partial charge in [0.2, 0.25) is 0 Å². The van der Waals surface area contributed by atoms with Gasteiger partial charge in [-0.25, -0.2) is 0 Å². The van der Waals surface area contributed by atoms with Crippen molar-refractivity contribution in [2.24, 2.45) is 0 Å². The van der Waals surface area contributed by atoms with E-state index in [1.165, 1.54) is 4.31 Å². The largest absolute Gasteiger partial charge is 0.345 e. The summed E-state index contributed by atoms with van der Waals surface area (Å²) in [6.45, 7) is 0.544. The number of rotatable bonds is 6. The summed E-state index contributed by atoms with van der Waals surface area (Å²) >= 11 is 13.3. The second-order valence-electron chi connectivity index (χ2n) is 7.27. The van der Waals surface area contributed by atoms with Gasteiger partial charge >= 0.3 is 7.60 Å². The van der Waals surface area contributed by atoms with Crippen LogP contribution in [0.3, 0.4) is 0 Å². The second kappa shape index (κ2) is 9.48. The SMILES string of the molecule is O=C(c1ccccc1)N1CCc2cc(N(CP(=O)(O)O)Sc3cc(Cl)cc(Cl)c3)ccc21. The van der Waals surface area contributed by atoms with Crippen LogP contribution in [0.25, 0.3) is 0 Å². The van der Waals surface area contributed by atoms with Crippen molar-refractivity contribution in [2.45, 2.75) is 11.3 Å². The lowest BCUT2D eigenvalue weighted by molar-refractivity contribution is 0.0989. The predicted octanol–water partition coefficient (Wildman–Crippen LogP) is 5.85. The Balaban J connectivity index is 1.63. The van der Waals surface area contributed by atoms with Gasteiger partial charge in [-0.15, -0.1) is 0 Å². The molecule has 3 aromatic rings. The third-order valence-electron chi connectivity index (χ3n) is 4.88. The van der Waals surface area contributed by atoms with Gasteiger partial charge in [0.15, 0.2) is 0 Å². The number of hydrogen-bond donors (Lipinski definition) is 2. The molecule has 1 amide bonds. The van der Waals surface area contributed by atoms with Crippen molar-refractivity contribution >= 4 is 60.0 Å². The number of anilines is 2. The van der Waals surface area contributed by atoms with Gasteiger partial charge < -0.3 is 14.7 Å². The molecule has 6 nitrogen and oxygen atoms in total. The third kappa shape index (κ3) is 5.49. The molecule has 166 valence electrons. The van der Waals surface area contributed by atoms with Crippen molar-refractivity contribution in [3.8, 4) is 0 Å². The first-order chi connectivity index (χ1) is 15.2. The van der Waals surface area contributed by atoms with Crippen LogP contribution in [0.5, 0.6) is 0 Å². The molecule has 0 aromatic heterocycles. The van der Waals surface area contributed by atoms with Crippen LogP contribution in [0.2, 0.25) is 10.0 Å². The van der Waals surface area contributed by atoms with Gasteiger partial charge in [-0.3, -0.25) is 13.7 Å². The first-order valence-electron chi connectivity index (χ1n) is 9.66. The van der Waals surface area contributed by atoms with E-state index < -0.39 is 13.9 Å². The number of nitrogens with zero attached hydrogens (tertiary/aromatic N) is 2. The number of halogens is 2. The zero-order valence-corrected chi connectivity index (χ0v) is 19.9. The molecule has 0 bridgehead atoms. The molecule has 0 fully saturated rings. The van der Waals surface area contributed by atoms with Gasteiger partial charge in [-0.1, -0.05) is 41.4 Å².